The van der Waals surface area contributed by atoms with Gasteiger partial charge in [-0.25, -0.2) is 13.4 Å². The quantitative estimate of drug-likeness (QED) is 0.140. The van der Waals surface area contributed by atoms with Gasteiger partial charge in [0, 0.05) is 37.2 Å². The van der Waals surface area contributed by atoms with Crippen LogP contribution >= 0.6 is 0 Å². The first-order chi connectivity index (χ1) is 22.9. The lowest BCUT2D eigenvalue weighted by Crippen LogP contribution is -2.53. The third kappa shape index (κ3) is 8.85. The topological polar surface area (TPSA) is 186 Å². The Morgan fingerprint density at radius 2 is 1.73 bits per heavy atom. The fourth-order valence-corrected chi connectivity index (χ4v) is 6.46. The number of hydrogen-bond donors (Lipinski definition) is 4. The molecule has 1 heterocycles. The fourth-order valence-electron chi connectivity index (χ4n) is 5.15. The van der Waals surface area contributed by atoms with Crippen molar-refractivity contribution < 1.29 is 32.6 Å². The number of hydrogen-bond acceptors (Lipinski definition) is 8. The third-order valence-corrected chi connectivity index (χ3v) is 9.57. The Hall–Kier alpha value is -5.05. The number of aromatic nitrogens is 2. The van der Waals surface area contributed by atoms with E-state index in [1.165, 1.54) is 25.3 Å². The first-order valence-corrected chi connectivity index (χ1v) is 16.9. The number of ether oxygens (including phenoxy) is 1. The zero-order valence-electron chi connectivity index (χ0n) is 26.9. The highest BCUT2D eigenvalue weighted by Gasteiger charge is 2.38. The number of rotatable bonds is 16. The number of nitrogens with zero attached hydrogens (tertiary/aromatic N) is 3. The lowest BCUT2D eigenvalue weighted by atomic mass is 9.99. The number of aliphatic hydroxyl groups excluding tert-OH is 1. The van der Waals surface area contributed by atoms with Gasteiger partial charge in [-0.05, 0) is 61.7 Å². The summed E-state index contributed by atoms with van der Waals surface area (Å²) < 4.78 is 35.5. The van der Waals surface area contributed by atoms with E-state index in [-0.39, 0.29) is 34.9 Å². The van der Waals surface area contributed by atoms with Crippen LogP contribution in [0.1, 0.15) is 51.7 Å². The number of nitrogens with one attached hydrogen (secondary N) is 2. The van der Waals surface area contributed by atoms with Crippen LogP contribution in [0.5, 0.6) is 0 Å². The summed E-state index contributed by atoms with van der Waals surface area (Å²) in [6.45, 7) is 3.96. The smallest absolute Gasteiger partial charge is 0.257 e. The standard InChI is InChI=1S/C34H40N6O7S/c1-4-48(45,46)40(28-15-9-12-25(22-28)23(2)37-32(43)27-14-8-13-26(21-27)31(35)42)29(20-24-10-6-5-7-11-24)30(41)33(44)38-34-36-16-17-39(34)18-19-47-3/h5-17,21-23,29-30,41H,4,18-20H2,1-3H3,(H2,35,42)(H,37,43)(H,36,38,44)/t23-,29+,30-/m1/s1. The minimum atomic E-state index is -4.09. The van der Waals surface area contributed by atoms with Crippen molar-refractivity contribution in [3.05, 3.63) is 114 Å². The zero-order valence-corrected chi connectivity index (χ0v) is 27.8. The average Bonchev–Trinajstić information content (AvgIpc) is 3.53. The molecule has 0 bridgehead atoms. The highest BCUT2D eigenvalue weighted by molar-refractivity contribution is 7.92. The SMILES string of the molecule is CCS(=O)(=O)N(c1cccc([C@@H](C)NC(=O)c2cccc(C(N)=O)c2)c1)[C@@H](Cc1ccccc1)[C@@H](O)C(=O)Nc1nccn1CCOC. The van der Waals surface area contributed by atoms with E-state index in [0.29, 0.717) is 24.3 Å². The van der Waals surface area contributed by atoms with Crippen LogP contribution in [0.15, 0.2) is 91.3 Å². The molecule has 13 nitrogen and oxygen atoms in total. The number of imidazole rings is 1. The van der Waals surface area contributed by atoms with E-state index in [9.17, 15) is 27.9 Å². The lowest BCUT2D eigenvalue weighted by Gasteiger charge is -2.35. The first-order valence-electron chi connectivity index (χ1n) is 15.3. The Balaban J connectivity index is 1.69. The van der Waals surface area contributed by atoms with Crippen LogP contribution in [0.25, 0.3) is 0 Å². The van der Waals surface area contributed by atoms with E-state index in [0.717, 1.165) is 4.31 Å². The van der Waals surface area contributed by atoms with Gasteiger partial charge in [-0.1, -0.05) is 48.5 Å². The molecule has 0 fully saturated rings. The van der Waals surface area contributed by atoms with Crippen molar-refractivity contribution in [2.45, 2.75) is 45.0 Å². The number of anilines is 2. The third-order valence-electron chi connectivity index (χ3n) is 7.75. The number of primary amides is 1. The number of carbonyl (C=O) groups excluding carboxylic acids is 3. The van der Waals surface area contributed by atoms with Crippen molar-refractivity contribution in [2.24, 2.45) is 5.73 Å². The van der Waals surface area contributed by atoms with Crippen LogP contribution in [0, 0.1) is 0 Å². The molecule has 0 saturated carbocycles. The number of amides is 3. The molecule has 0 aliphatic heterocycles. The molecule has 4 rings (SSSR count). The van der Waals surface area contributed by atoms with Crippen molar-refractivity contribution in [2.75, 3.05) is 29.1 Å². The zero-order chi connectivity index (χ0) is 34.8. The maximum absolute atomic E-state index is 13.8. The van der Waals surface area contributed by atoms with Gasteiger partial charge in [0.05, 0.1) is 30.1 Å². The van der Waals surface area contributed by atoms with Crippen LogP contribution < -0.4 is 20.7 Å². The van der Waals surface area contributed by atoms with Gasteiger partial charge >= 0.3 is 0 Å². The molecular weight excluding hydrogens is 636 g/mol. The minimum absolute atomic E-state index is 0.000503. The van der Waals surface area contributed by atoms with Gasteiger partial charge in [-0.15, -0.1) is 0 Å². The van der Waals surface area contributed by atoms with Gasteiger partial charge in [0.2, 0.25) is 21.9 Å². The van der Waals surface area contributed by atoms with Crippen molar-refractivity contribution in [1.82, 2.24) is 14.9 Å². The van der Waals surface area contributed by atoms with E-state index in [4.69, 9.17) is 10.5 Å². The van der Waals surface area contributed by atoms with Gasteiger partial charge < -0.3 is 25.5 Å². The predicted molar refractivity (Wildman–Crippen MR) is 182 cm³/mol. The van der Waals surface area contributed by atoms with Crippen molar-refractivity contribution in [3.63, 3.8) is 0 Å². The predicted octanol–water partition coefficient (Wildman–Crippen LogP) is 2.89. The summed E-state index contributed by atoms with van der Waals surface area (Å²) in [5.74, 6) is -2.12. The Kier molecular flexibility index (Phi) is 12.1. The van der Waals surface area contributed by atoms with Crippen molar-refractivity contribution in [1.29, 1.82) is 0 Å². The molecule has 5 N–H and O–H groups in total. The normalized spacial score (nSPS) is 13.2. The summed E-state index contributed by atoms with van der Waals surface area (Å²) >= 11 is 0. The van der Waals surface area contributed by atoms with E-state index in [2.05, 4.69) is 15.6 Å². The van der Waals surface area contributed by atoms with E-state index in [1.807, 2.05) is 6.07 Å². The maximum Gasteiger partial charge on any atom is 0.257 e. The molecule has 1 aromatic heterocycles. The Morgan fingerprint density at radius 3 is 2.42 bits per heavy atom. The molecule has 0 spiro atoms. The minimum Gasteiger partial charge on any atom is -0.383 e. The number of nitrogens with two attached hydrogens (primary N) is 1. The van der Waals surface area contributed by atoms with Crippen LogP contribution in [0.4, 0.5) is 11.6 Å². The number of aliphatic hydroxyl groups is 1. The molecule has 0 radical (unpaired) electrons. The summed E-state index contributed by atoms with van der Waals surface area (Å²) in [7, 11) is -2.54. The van der Waals surface area contributed by atoms with Gasteiger partial charge in [0.25, 0.3) is 11.8 Å². The molecule has 254 valence electrons. The van der Waals surface area contributed by atoms with Crippen LogP contribution in [-0.2, 0) is 32.5 Å². The summed E-state index contributed by atoms with van der Waals surface area (Å²) in [5.41, 5.74) is 7.22. The Bertz CT molecular complexity index is 1830. The van der Waals surface area contributed by atoms with Gasteiger partial charge in [0.15, 0.2) is 6.10 Å². The highest BCUT2D eigenvalue weighted by Crippen LogP contribution is 2.29. The summed E-state index contributed by atoms with van der Waals surface area (Å²) in [6.07, 6.45) is 1.32. The molecule has 0 unspecified atom stereocenters. The molecule has 3 amide bonds. The molecule has 4 aromatic rings. The lowest BCUT2D eigenvalue weighted by molar-refractivity contribution is -0.124. The number of sulfonamides is 1. The van der Waals surface area contributed by atoms with E-state index < -0.39 is 45.9 Å². The molecule has 0 aliphatic carbocycles. The molecule has 3 aromatic carbocycles. The monoisotopic (exact) mass is 676 g/mol. The van der Waals surface area contributed by atoms with Gasteiger partial charge in [-0.2, -0.15) is 0 Å². The Labute approximate surface area is 279 Å². The molecule has 0 aliphatic rings. The fraction of sp³-hybridized carbons (Fsp3) is 0.294. The summed E-state index contributed by atoms with van der Waals surface area (Å²) in [4.78, 5) is 42.4. The van der Waals surface area contributed by atoms with Crippen LogP contribution in [0.2, 0.25) is 0 Å². The number of methoxy groups -OCH3 is 1. The number of benzene rings is 3. The second-order valence-electron chi connectivity index (χ2n) is 11.1. The second-order valence-corrected chi connectivity index (χ2v) is 13.2. The van der Waals surface area contributed by atoms with E-state index >= 15 is 0 Å². The highest BCUT2D eigenvalue weighted by atomic mass is 32.2. The Morgan fingerprint density at radius 1 is 1.02 bits per heavy atom. The van der Waals surface area contributed by atoms with E-state index in [1.54, 1.807) is 85.5 Å². The molecule has 0 saturated heterocycles. The average molecular weight is 677 g/mol. The van der Waals surface area contributed by atoms with Gasteiger partial charge in [0.1, 0.15) is 0 Å². The number of carbonyl (C=O) groups is 3. The van der Waals surface area contributed by atoms with Crippen molar-refractivity contribution >= 4 is 39.4 Å². The largest absolute Gasteiger partial charge is 0.383 e. The van der Waals surface area contributed by atoms with Gasteiger partial charge in [-0.3, -0.25) is 24.0 Å². The first kappa shape index (κ1) is 35.8. The van der Waals surface area contributed by atoms with Crippen molar-refractivity contribution in [3.8, 4) is 0 Å². The molecule has 48 heavy (non-hydrogen) atoms. The molecular formula is C34H40N6O7S. The summed E-state index contributed by atoms with van der Waals surface area (Å²) in [5, 5.41) is 17.1. The molecule has 3 atom stereocenters. The maximum atomic E-state index is 13.8. The van der Waals surface area contributed by atoms with Crippen LogP contribution in [-0.4, -0.2) is 72.4 Å². The van der Waals surface area contributed by atoms with Crippen LogP contribution in [0.3, 0.4) is 0 Å². The summed E-state index contributed by atoms with van der Waals surface area (Å²) in [6, 6.07) is 19.6. The second kappa shape index (κ2) is 16.2. The molecule has 14 heteroatoms.